The zero-order valence-corrected chi connectivity index (χ0v) is 12.2. The lowest BCUT2D eigenvalue weighted by Crippen LogP contribution is -2.17. The summed E-state index contributed by atoms with van der Waals surface area (Å²) >= 11 is 0. The fraction of sp³-hybridized carbons (Fsp3) is 0.286. The number of nitrogens with one attached hydrogen (secondary N) is 1. The summed E-state index contributed by atoms with van der Waals surface area (Å²) in [6.45, 7) is 1.63. The lowest BCUT2D eigenvalue weighted by Gasteiger charge is -2.19. The zero-order valence-electron chi connectivity index (χ0n) is 12.2. The molecular formula is C14H14F3N3O2. The van der Waals surface area contributed by atoms with Gasteiger partial charge in [-0.15, -0.1) is 0 Å². The summed E-state index contributed by atoms with van der Waals surface area (Å²) in [5.74, 6) is -0.734. The van der Waals surface area contributed by atoms with Crippen molar-refractivity contribution < 1.29 is 22.5 Å². The van der Waals surface area contributed by atoms with Crippen molar-refractivity contribution in [3.63, 3.8) is 0 Å². The van der Waals surface area contributed by atoms with Crippen LogP contribution < -0.4 is 10.2 Å². The van der Waals surface area contributed by atoms with E-state index in [1.807, 2.05) is 0 Å². The molecule has 0 spiro atoms. The molecule has 0 bridgehead atoms. The molecule has 0 aliphatic carbocycles. The number of carbonyl (C=O) groups is 1. The van der Waals surface area contributed by atoms with Gasteiger partial charge in [-0.3, -0.25) is 4.79 Å². The number of hydrogen-bond acceptors (Lipinski definition) is 4. The molecule has 1 aromatic heterocycles. The Kier molecular flexibility index (Phi) is 4.11. The largest absolute Gasteiger partial charge is 0.416 e. The molecule has 0 atom stereocenters. The maximum Gasteiger partial charge on any atom is 0.416 e. The van der Waals surface area contributed by atoms with E-state index >= 15 is 0 Å². The Bertz CT molecular complexity index is 693. The molecule has 5 nitrogen and oxygen atoms in total. The maximum absolute atomic E-state index is 12.8. The van der Waals surface area contributed by atoms with Crippen LogP contribution in [0.4, 0.5) is 24.5 Å². The first-order chi connectivity index (χ1) is 10.2. The van der Waals surface area contributed by atoms with Gasteiger partial charge in [-0.05, 0) is 25.1 Å². The summed E-state index contributed by atoms with van der Waals surface area (Å²) in [6.07, 6.45) is -4.49. The highest BCUT2D eigenvalue weighted by Crippen LogP contribution is 2.35. The molecule has 1 N–H and O–H groups in total. The lowest BCUT2D eigenvalue weighted by molar-refractivity contribution is -0.137. The average Bonchev–Trinajstić information content (AvgIpc) is 2.84. The van der Waals surface area contributed by atoms with Crippen molar-refractivity contribution in [3.8, 4) is 0 Å². The van der Waals surface area contributed by atoms with Crippen LogP contribution in [-0.2, 0) is 6.18 Å². The number of aromatic nitrogens is 1. The van der Waals surface area contributed by atoms with Gasteiger partial charge in [-0.2, -0.15) is 13.2 Å². The second-order valence-corrected chi connectivity index (χ2v) is 4.91. The van der Waals surface area contributed by atoms with E-state index in [9.17, 15) is 18.0 Å². The van der Waals surface area contributed by atoms with E-state index in [1.165, 1.54) is 12.1 Å². The summed E-state index contributed by atoms with van der Waals surface area (Å²) in [5.41, 5.74) is 0.139. The number of alkyl halides is 3. The molecule has 2 rings (SSSR count). The van der Waals surface area contributed by atoms with Crippen molar-refractivity contribution in [3.05, 3.63) is 41.3 Å². The second kappa shape index (κ2) is 5.70. The summed E-state index contributed by atoms with van der Waals surface area (Å²) in [6, 6.07) is 4.54. The van der Waals surface area contributed by atoms with Gasteiger partial charge in [0.25, 0.3) is 5.91 Å². The second-order valence-electron chi connectivity index (χ2n) is 4.91. The van der Waals surface area contributed by atoms with E-state index in [2.05, 4.69) is 10.5 Å². The van der Waals surface area contributed by atoms with Gasteiger partial charge in [0.05, 0.1) is 22.6 Å². The van der Waals surface area contributed by atoms with Gasteiger partial charge in [0, 0.05) is 20.2 Å². The van der Waals surface area contributed by atoms with Crippen LogP contribution in [0.25, 0.3) is 0 Å². The number of nitrogens with zero attached hydrogens (tertiary/aromatic N) is 2. The van der Waals surface area contributed by atoms with E-state index in [0.717, 1.165) is 12.1 Å². The molecule has 0 unspecified atom stereocenters. The molecule has 1 aromatic carbocycles. The van der Waals surface area contributed by atoms with Gasteiger partial charge >= 0.3 is 6.18 Å². The summed E-state index contributed by atoms with van der Waals surface area (Å²) in [5, 5.41) is 5.99. The number of halogens is 3. The van der Waals surface area contributed by atoms with E-state index < -0.39 is 17.6 Å². The van der Waals surface area contributed by atoms with E-state index in [-0.39, 0.29) is 11.4 Å². The molecular weight excluding hydrogens is 299 g/mol. The fourth-order valence-corrected chi connectivity index (χ4v) is 1.86. The third-order valence-electron chi connectivity index (χ3n) is 2.91. The Hall–Kier alpha value is -2.51. The highest BCUT2D eigenvalue weighted by Gasteiger charge is 2.31. The molecule has 0 fully saturated rings. The maximum atomic E-state index is 12.8. The third-order valence-corrected chi connectivity index (χ3v) is 2.91. The number of hydrogen-bond donors (Lipinski definition) is 1. The van der Waals surface area contributed by atoms with Crippen molar-refractivity contribution in [2.45, 2.75) is 13.1 Å². The van der Waals surface area contributed by atoms with Crippen molar-refractivity contribution in [1.82, 2.24) is 5.16 Å². The number of anilines is 2. The van der Waals surface area contributed by atoms with E-state index in [4.69, 9.17) is 4.52 Å². The Labute approximate surface area is 124 Å². The molecule has 1 amide bonds. The SMILES string of the molecule is Cc1cc(C(=O)Nc2cc(C(F)(F)F)ccc2N(C)C)on1. The normalized spacial score (nSPS) is 11.4. The highest BCUT2D eigenvalue weighted by molar-refractivity contribution is 6.04. The van der Waals surface area contributed by atoms with Gasteiger partial charge in [-0.1, -0.05) is 5.16 Å². The van der Waals surface area contributed by atoms with Crippen molar-refractivity contribution in [2.24, 2.45) is 0 Å². The van der Waals surface area contributed by atoms with Gasteiger partial charge in [-0.25, -0.2) is 0 Å². The van der Waals surface area contributed by atoms with Crippen LogP contribution >= 0.6 is 0 Å². The number of benzene rings is 1. The Morgan fingerprint density at radius 1 is 1.27 bits per heavy atom. The fourth-order valence-electron chi connectivity index (χ4n) is 1.86. The van der Waals surface area contributed by atoms with Crippen molar-refractivity contribution in [2.75, 3.05) is 24.3 Å². The molecule has 0 aliphatic rings. The molecule has 0 saturated carbocycles. The predicted molar refractivity (Wildman–Crippen MR) is 75.0 cm³/mol. The number of rotatable bonds is 3. The van der Waals surface area contributed by atoms with Crippen molar-refractivity contribution in [1.29, 1.82) is 0 Å². The van der Waals surface area contributed by atoms with Crippen LogP contribution in [-0.4, -0.2) is 25.2 Å². The quantitative estimate of drug-likeness (QED) is 0.944. The number of carbonyl (C=O) groups excluding carboxylic acids is 1. The highest BCUT2D eigenvalue weighted by atomic mass is 19.4. The molecule has 22 heavy (non-hydrogen) atoms. The third kappa shape index (κ3) is 3.38. The van der Waals surface area contributed by atoms with Crippen LogP contribution in [0.3, 0.4) is 0 Å². The number of amides is 1. The van der Waals surface area contributed by atoms with E-state index in [0.29, 0.717) is 11.4 Å². The van der Waals surface area contributed by atoms with Crippen LogP contribution in [0.5, 0.6) is 0 Å². The topological polar surface area (TPSA) is 58.4 Å². The predicted octanol–water partition coefficient (Wildman–Crippen LogP) is 3.32. The molecule has 0 radical (unpaired) electrons. The van der Waals surface area contributed by atoms with Gasteiger partial charge in [0.2, 0.25) is 5.76 Å². The van der Waals surface area contributed by atoms with E-state index in [1.54, 1.807) is 25.9 Å². The summed E-state index contributed by atoms with van der Waals surface area (Å²) < 4.78 is 43.2. The molecule has 1 heterocycles. The smallest absolute Gasteiger partial charge is 0.376 e. The average molecular weight is 313 g/mol. The Balaban J connectivity index is 2.37. The first-order valence-corrected chi connectivity index (χ1v) is 6.31. The van der Waals surface area contributed by atoms with Crippen LogP contribution in [0.1, 0.15) is 21.8 Å². The lowest BCUT2D eigenvalue weighted by atomic mass is 10.1. The minimum atomic E-state index is -4.49. The van der Waals surface area contributed by atoms with Gasteiger partial charge in [0.15, 0.2) is 0 Å². The number of aryl methyl sites for hydroxylation is 1. The summed E-state index contributed by atoms with van der Waals surface area (Å²) in [4.78, 5) is 13.6. The molecule has 0 aliphatic heterocycles. The Morgan fingerprint density at radius 2 is 1.95 bits per heavy atom. The van der Waals surface area contributed by atoms with Crippen LogP contribution in [0.15, 0.2) is 28.8 Å². The van der Waals surface area contributed by atoms with Crippen molar-refractivity contribution >= 4 is 17.3 Å². The Morgan fingerprint density at radius 3 is 2.45 bits per heavy atom. The standard InChI is InChI=1S/C14H14F3N3O2/c1-8-6-12(22-19-8)13(21)18-10-7-9(14(15,16)17)4-5-11(10)20(2)3/h4-7H,1-3H3,(H,18,21). The first-order valence-electron chi connectivity index (χ1n) is 6.31. The van der Waals surface area contributed by atoms with Gasteiger partial charge < -0.3 is 14.7 Å². The van der Waals surface area contributed by atoms with Crippen LogP contribution in [0.2, 0.25) is 0 Å². The first kappa shape index (κ1) is 15.9. The molecule has 118 valence electrons. The minimum absolute atomic E-state index is 0.0406. The summed E-state index contributed by atoms with van der Waals surface area (Å²) in [7, 11) is 3.33. The van der Waals surface area contributed by atoms with Crippen LogP contribution in [0, 0.1) is 6.92 Å². The molecule has 8 heteroatoms. The minimum Gasteiger partial charge on any atom is -0.376 e. The van der Waals surface area contributed by atoms with Gasteiger partial charge in [0.1, 0.15) is 0 Å². The zero-order chi connectivity index (χ0) is 16.5. The molecule has 0 saturated heterocycles. The monoisotopic (exact) mass is 313 g/mol. The molecule has 2 aromatic rings.